The van der Waals surface area contributed by atoms with E-state index in [9.17, 15) is 28.1 Å². The molecule has 0 unspecified atom stereocenters. The molecule has 2 heterocycles. The number of rotatable bonds is 3. The summed E-state index contributed by atoms with van der Waals surface area (Å²) >= 11 is 0. The second kappa shape index (κ2) is 5.76. The molecule has 0 fully saturated rings. The van der Waals surface area contributed by atoms with Crippen LogP contribution < -0.4 is 4.74 Å². The highest BCUT2D eigenvalue weighted by molar-refractivity contribution is 5.92. The predicted molar refractivity (Wildman–Crippen MR) is 65.1 cm³/mol. The number of nitro groups is 1. The van der Waals surface area contributed by atoms with Crippen molar-refractivity contribution >= 4 is 11.8 Å². The van der Waals surface area contributed by atoms with Crippen LogP contribution >= 0.6 is 0 Å². The zero-order valence-electron chi connectivity index (χ0n) is 10.6. The van der Waals surface area contributed by atoms with E-state index in [0.717, 1.165) is 30.6 Å². The van der Waals surface area contributed by atoms with Gasteiger partial charge in [0.15, 0.2) is 5.69 Å². The minimum absolute atomic E-state index is 0.561. The quantitative estimate of drug-likeness (QED) is 0.491. The highest BCUT2D eigenvalue weighted by Crippen LogP contribution is 2.31. The van der Waals surface area contributed by atoms with Crippen molar-refractivity contribution in [2.45, 2.75) is 6.18 Å². The van der Waals surface area contributed by atoms with Gasteiger partial charge in [0.25, 0.3) is 0 Å². The van der Waals surface area contributed by atoms with Crippen LogP contribution in [0.15, 0.2) is 36.7 Å². The highest BCUT2D eigenvalue weighted by Gasteiger charge is 2.37. The molecule has 10 heteroatoms. The van der Waals surface area contributed by atoms with Gasteiger partial charge in [0, 0.05) is 6.20 Å². The van der Waals surface area contributed by atoms with E-state index in [2.05, 4.69) is 14.7 Å². The van der Waals surface area contributed by atoms with Gasteiger partial charge in [-0.3, -0.25) is 4.98 Å². The number of hydrogen-bond acceptors (Lipinski definition) is 6. The molecule has 0 spiro atoms. The lowest BCUT2D eigenvalue weighted by molar-refractivity contribution is -0.390. The number of nitrogens with zero attached hydrogens (tertiary/aromatic N) is 3. The molecule has 0 aliphatic rings. The zero-order chi connectivity index (χ0) is 16.3. The van der Waals surface area contributed by atoms with Gasteiger partial charge in [-0.25, -0.2) is 4.79 Å². The number of ether oxygens (including phenoxy) is 1. The minimum Gasteiger partial charge on any atom is -0.414 e. The number of hydrogen-bond donors (Lipinski definition) is 0. The Morgan fingerprint density at radius 3 is 2.45 bits per heavy atom. The van der Waals surface area contributed by atoms with Gasteiger partial charge in [0.2, 0.25) is 5.75 Å². The van der Waals surface area contributed by atoms with Crippen LogP contribution in [0.4, 0.5) is 19.0 Å². The van der Waals surface area contributed by atoms with Crippen LogP contribution in [0.1, 0.15) is 16.1 Å². The van der Waals surface area contributed by atoms with Crippen LogP contribution in [0.25, 0.3) is 0 Å². The summed E-state index contributed by atoms with van der Waals surface area (Å²) in [6, 6.07) is 4.26. The van der Waals surface area contributed by atoms with Crippen LogP contribution in [0.3, 0.4) is 0 Å². The number of alkyl halides is 3. The zero-order valence-corrected chi connectivity index (χ0v) is 10.6. The summed E-state index contributed by atoms with van der Waals surface area (Å²) in [5, 5.41) is 10.7. The van der Waals surface area contributed by atoms with Crippen molar-refractivity contribution in [2.75, 3.05) is 0 Å². The molecule has 2 rings (SSSR count). The van der Waals surface area contributed by atoms with Gasteiger partial charge >= 0.3 is 18.0 Å². The van der Waals surface area contributed by atoms with Crippen molar-refractivity contribution in [3.8, 4) is 5.75 Å². The molecule has 0 amide bonds. The van der Waals surface area contributed by atoms with E-state index in [1.165, 1.54) is 6.07 Å². The van der Waals surface area contributed by atoms with Gasteiger partial charge < -0.3 is 14.9 Å². The Hall–Kier alpha value is -3.04. The second-order valence-electron chi connectivity index (χ2n) is 3.87. The Kier molecular flexibility index (Phi) is 4.02. The Labute approximate surface area is 120 Å². The highest BCUT2D eigenvalue weighted by atomic mass is 19.4. The molecule has 0 aromatic carbocycles. The third-order valence-electron chi connectivity index (χ3n) is 2.42. The molecule has 0 radical (unpaired) electrons. The maximum absolute atomic E-state index is 12.8. The molecule has 2 aromatic rings. The third kappa shape index (κ3) is 3.16. The van der Waals surface area contributed by atoms with E-state index in [1.54, 1.807) is 0 Å². The van der Waals surface area contributed by atoms with E-state index in [-0.39, 0.29) is 0 Å². The number of esters is 1. The van der Waals surface area contributed by atoms with Crippen LogP contribution in [-0.2, 0) is 6.18 Å². The van der Waals surface area contributed by atoms with Crippen molar-refractivity contribution < 1.29 is 27.6 Å². The molecular weight excluding hydrogens is 307 g/mol. The molecule has 0 bridgehead atoms. The predicted octanol–water partition coefficient (Wildman–Crippen LogP) is 2.62. The van der Waals surface area contributed by atoms with Crippen LogP contribution in [0, 0.1) is 10.1 Å². The average molecular weight is 313 g/mol. The first-order valence-electron chi connectivity index (χ1n) is 5.64. The summed E-state index contributed by atoms with van der Waals surface area (Å²) in [6.45, 7) is 0. The monoisotopic (exact) mass is 313 g/mol. The van der Waals surface area contributed by atoms with Gasteiger partial charge in [-0.1, -0.05) is 0 Å². The van der Waals surface area contributed by atoms with Gasteiger partial charge in [-0.05, 0) is 34.2 Å². The van der Waals surface area contributed by atoms with Crippen molar-refractivity contribution in [1.82, 2.24) is 9.97 Å². The first kappa shape index (κ1) is 15.4. The van der Waals surface area contributed by atoms with Crippen LogP contribution in [-0.4, -0.2) is 20.9 Å². The molecule has 0 aliphatic carbocycles. The number of halogens is 3. The maximum atomic E-state index is 12.8. The standard InChI is InChI=1S/C12H6F3N3O4/c13-12(14,15)9-7(3-1-5-16-9)11(19)22-8-4-2-6-17-10(8)18(20)21/h1-6H. The summed E-state index contributed by atoms with van der Waals surface area (Å²) in [7, 11) is 0. The Morgan fingerprint density at radius 1 is 1.18 bits per heavy atom. The maximum Gasteiger partial charge on any atom is 0.434 e. The molecule has 0 N–H and O–H groups in total. The fourth-order valence-corrected chi connectivity index (χ4v) is 1.55. The third-order valence-corrected chi connectivity index (χ3v) is 2.42. The lowest BCUT2D eigenvalue weighted by Crippen LogP contribution is -2.19. The Bertz CT molecular complexity index is 734. The van der Waals surface area contributed by atoms with Crippen molar-refractivity contribution in [3.63, 3.8) is 0 Å². The summed E-state index contributed by atoms with van der Waals surface area (Å²) in [4.78, 5) is 28.1. The molecule has 114 valence electrons. The molecule has 22 heavy (non-hydrogen) atoms. The number of carbonyl (C=O) groups is 1. The lowest BCUT2D eigenvalue weighted by atomic mass is 10.2. The van der Waals surface area contributed by atoms with Crippen molar-refractivity contribution in [3.05, 3.63) is 58.0 Å². The molecule has 0 saturated carbocycles. The first-order chi connectivity index (χ1) is 10.3. The van der Waals surface area contributed by atoms with Crippen molar-refractivity contribution in [2.24, 2.45) is 0 Å². The van der Waals surface area contributed by atoms with Crippen LogP contribution in [0.2, 0.25) is 0 Å². The normalized spacial score (nSPS) is 11.0. The average Bonchev–Trinajstić information content (AvgIpc) is 2.46. The van der Waals surface area contributed by atoms with Gasteiger partial charge in [0.05, 0.1) is 5.56 Å². The van der Waals surface area contributed by atoms with E-state index in [4.69, 9.17) is 0 Å². The van der Waals surface area contributed by atoms with Gasteiger partial charge in [0.1, 0.15) is 6.20 Å². The first-order valence-corrected chi connectivity index (χ1v) is 5.64. The number of pyridine rings is 2. The SMILES string of the molecule is O=C(Oc1cccnc1[N+](=O)[O-])c1cccnc1C(F)(F)F. The molecule has 0 atom stereocenters. The van der Waals surface area contributed by atoms with E-state index in [1.807, 2.05) is 0 Å². The van der Waals surface area contributed by atoms with E-state index >= 15 is 0 Å². The molecule has 0 aliphatic heterocycles. The lowest BCUT2D eigenvalue weighted by Gasteiger charge is -2.10. The minimum atomic E-state index is -4.86. The summed E-state index contributed by atoms with van der Waals surface area (Å²) in [6.07, 6.45) is -2.91. The molecule has 7 nitrogen and oxygen atoms in total. The smallest absolute Gasteiger partial charge is 0.414 e. The fourth-order valence-electron chi connectivity index (χ4n) is 1.55. The summed E-state index contributed by atoms with van der Waals surface area (Å²) < 4.78 is 42.9. The summed E-state index contributed by atoms with van der Waals surface area (Å²) in [5.74, 6) is -2.76. The Morgan fingerprint density at radius 2 is 1.82 bits per heavy atom. The molecule has 2 aromatic heterocycles. The fraction of sp³-hybridized carbons (Fsp3) is 0.0833. The molecular formula is C12H6F3N3O4. The van der Waals surface area contributed by atoms with E-state index < -0.39 is 39.9 Å². The topological polar surface area (TPSA) is 95.2 Å². The van der Waals surface area contributed by atoms with Crippen LogP contribution in [0.5, 0.6) is 5.75 Å². The Balaban J connectivity index is 2.38. The van der Waals surface area contributed by atoms with Gasteiger partial charge in [-0.15, -0.1) is 0 Å². The summed E-state index contributed by atoms with van der Waals surface area (Å²) in [5.41, 5.74) is -2.29. The molecule has 0 saturated heterocycles. The second-order valence-corrected chi connectivity index (χ2v) is 3.87. The van der Waals surface area contributed by atoms with Crippen molar-refractivity contribution in [1.29, 1.82) is 0 Å². The number of aromatic nitrogens is 2. The van der Waals surface area contributed by atoms with E-state index in [0.29, 0.717) is 0 Å². The largest absolute Gasteiger partial charge is 0.434 e. The van der Waals surface area contributed by atoms with Gasteiger partial charge in [-0.2, -0.15) is 13.2 Å². The number of carbonyl (C=O) groups excluding carboxylic acids is 1.